The van der Waals surface area contributed by atoms with Crippen molar-refractivity contribution >= 4 is 12.2 Å². The number of aromatic nitrogens is 2. The SMILES string of the molecule is C=Cc1cccc(-c2cccc(C=C)n2)n1.[N]. The van der Waals surface area contributed by atoms with Gasteiger partial charge in [-0.15, -0.1) is 0 Å². The van der Waals surface area contributed by atoms with Crippen LogP contribution in [-0.4, -0.2) is 9.97 Å². The van der Waals surface area contributed by atoms with Crippen molar-refractivity contribution in [1.82, 2.24) is 16.1 Å². The lowest BCUT2D eigenvalue weighted by Gasteiger charge is -2.02. The van der Waals surface area contributed by atoms with E-state index in [1.54, 1.807) is 12.2 Å². The zero-order chi connectivity index (χ0) is 11.4. The Morgan fingerprint density at radius 2 is 1.18 bits per heavy atom. The molecule has 0 N–H and O–H groups in total. The maximum atomic E-state index is 4.42. The quantitative estimate of drug-likeness (QED) is 0.801. The normalized spacial score (nSPS) is 9.18. The highest BCUT2D eigenvalue weighted by Gasteiger charge is 2.01. The van der Waals surface area contributed by atoms with Crippen molar-refractivity contribution in [2.75, 3.05) is 0 Å². The first-order chi connectivity index (χ1) is 7.83. The minimum absolute atomic E-state index is 0. The Labute approximate surface area is 101 Å². The zero-order valence-corrected chi connectivity index (χ0v) is 9.37. The number of hydrogen-bond acceptors (Lipinski definition) is 2. The van der Waals surface area contributed by atoms with Crippen LogP contribution in [0, 0.1) is 0 Å². The molecule has 3 heteroatoms. The molecule has 83 valence electrons. The number of nitrogens with zero attached hydrogens (tertiary/aromatic N) is 3. The van der Waals surface area contributed by atoms with Gasteiger partial charge in [0.2, 0.25) is 0 Å². The van der Waals surface area contributed by atoms with Gasteiger partial charge in [-0.05, 0) is 36.4 Å². The molecule has 0 fully saturated rings. The molecule has 0 aliphatic rings. The second-order valence-electron chi connectivity index (χ2n) is 3.30. The predicted molar refractivity (Wildman–Crippen MR) is 69.8 cm³/mol. The van der Waals surface area contributed by atoms with Gasteiger partial charge in [-0.25, -0.2) is 9.97 Å². The summed E-state index contributed by atoms with van der Waals surface area (Å²) in [4.78, 5) is 8.84. The molecule has 0 bridgehead atoms. The molecule has 0 aromatic carbocycles. The second-order valence-corrected chi connectivity index (χ2v) is 3.30. The fraction of sp³-hybridized carbons (Fsp3) is 0. The number of hydrogen-bond donors (Lipinski definition) is 0. The van der Waals surface area contributed by atoms with Crippen LogP contribution in [0.2, 0.25) is 0 Å². The predicted octanol–water partition coefficient (Wildman–Crippen LogP) is 2.95. The van der Waals surface area contributed by atoms with Crippen molar-refractivity contribution in [3.05, 3.63) is 60.9 Å². The fourth-order valence-electron chi connectivity index (χ4n) is 1.42. The molecule has 2 aromatic rings. The standard InChI is InChI=1S/C14H12N2.N/c1-3-11-7-5-9-13(15-11)14-10-6-8-12(4-2)16-14;/h3-10H,1-2H2;. The molecule has 0 amide bonds. The molecular weight excluding hydrogens is 210 g/mol. The van der Waals surface area contributed by atoms with Gasteiger partial charge in [0.05, 0.1) is 22.8 Å². The van der Waals surface area contributed by atoms with Crippen LogP contribution in [0.3, 0.4) is 0 Å². The molecule has 2 aromatic heterocycles. The Morgan fingerprint density at radius 3 is 1.53 bits per heavy atom. The van der Waals surface area contributed by atoms with Crippen molar-refractivity contribution in [2.24, 2.45) is 0 Å². The lowest BCUT2D eigenvalue weighted by molar-refractivity contribution is 1.22. The Balaban J connectivity index is 0.00000144. The van der Waals surface area contributed by atoms with Crippen molar-refractivity contribution in [2.45, 2.75) is 0 Å². The molecule has 0 aliphatic carbocycles. The first kappa shape index (κ1) is 12.8. The van der Waals surface area contributed by atoms with Gasteiger partial charge in [0, 0.05) is 6.15 Å². The van der Waals surface area contributed by atoms with E-state index < -0.39 is 0 Å². The highest BCUT2D eigenvalue weighted by Crippen LogP contribution is 2.15. The molecule has 0 aliphatic heterocycles. The maximum Gasteiger partial charge on any atom is 0.0893 e. The molecule has 0 saturated carbocycles. The zero-order valence-electron chi connectivity index (χ0n) is 9.37. The molecule has 0 saturated heterocycles. The van der Waals surface area contributed by atoms with E-state index >= 15 is 0 Å². The maximum absolute atomic E-state index is 4.42. The van der Waals surface area contributed by atoms with E-state index in [9.17, 15) is 0 Å². The molecule has 2 heterocycles. The van der Waals surface area contributed by atoms with E-state index in [1.807, 2.05) is 36.4 Å². The summed E-state index contributed by atoms with van der Waals surface area (Å²) in [6, 6.07) is 11.6. The Bertz CT molecular complexity index is 483. The van der Waals surface area contributed by atoms with Crippen molar-refractivity contribution in [3.63, 3.8) is 0 Å². The Kier molecular flexibility index (Phi) is 4.31. The largest absolute Gasteiger partial charge is 0.247 e. The molecule has 0 unspecified atom stereocenters. The van der Waals surface area contributed by atoms with Gasteiger partial charge >= 0.3 is 0 Å². The smallest absolute Gasteiger partial charge is 0.0893 e. The first-order valence-corrected chi connectivity index (χ1v) is 5.03. The highest BCUT2D eigenvalue weighted by atomic mass is 14.8. The van der Waals surface area contributed by atoms with Crippen LogP contribution >= 0.6 is 0 Å². The molecule has 2 rings (SSSR count). The van der Waals surface area contributed by atoms with Gasteiger partial charge in [0.1, 0.15) is 0 Å². The van der Waals surface area contributed by atoms with E-state index in [1.165, 1.54) is 0 Å². The minimum Gasteiger partial charge on any atom is -0.247 e. The van der Waals surface area contributed by atoms with Gasteiger partial charge in [-0.1, -0.05) is 25.3 Å². The molecule has 3 radical (unpaired) electrons. The highest BCUT2D eigenvalue weighted by molar-refractivity contribution is 5.58. The lowest BCUT2D eigenvalue weighted by atomic mass is 10.2. The summed E-state index contributed by atoms with van der Waals surface area (Å²) in [5.74, 6) is 0. The average Bonchev–Trinajstić information content (AvgIpc) is 2.39. The van der Waals surface area contributed by atoms with Crippen LogP contribution in [-0.2, 0) is 0 Å². The summed E-state index contributed by atoms with van der Waals surface area (Å²) in [7, 11) is 0. The van der Waals surface area contributed by atoms with Gasteiger partial charge < -0.3 is 0 Å². The molecule has 0 spiro atoms. The summed E-state index contributed by atoms with van der Waals surface area (Å²) in [6.07, 6.45) is 3.45. The summed E-state index contributed by atoms with van der Waals surface area (Å²) in [5.41, 5.74) is 3.40. The van der Waals surface area contributed by atoms with E-state index in [2.05, 4.69) is 23.1 Å². The molecule has 3 nitrogen and oxygen atoms in total. The van der Waals surface area contributed by atoms with Crippen LogP contribution in [0.1, 0.15) is 11.4 Å². The van der Waals surface area contributed by atoms with Crippen LogP contribution in [0.15, 0.2) is 49.6 Å². The number of pyridine rings is 2. The lowest BCUT2D eigenvalue weighted by Crippen LogP contribution is -1.90. The molecule has 0 atom stereocenters. The Morgan fingerprint density at radius 1 is 0.765 bits per heavy atom. The second kappa shape index (κ2) is 5.72. The van der Waals surface area contributed by atoms with Crippen molar-refractivity contribution < 1.29 is 0 Å². The van der Waals surface area contributed by atoms with E-state index in [4.69, 9.17) is 0 Å². The topological polar surface area (TPSA) is 56.3 Å². The third-order valence-electron chi connectivity index (χ3n) is 2.22. The van der Waals surface area contributed by atoms with E-state index in [-0.39, 0.29) is 6.15 Å². The van der Waals surface area contributed by atoms with E-state index in [0.717, 1.165) is 22.8 Å². The van der Waals surface area contributed by atoms with Crippen LogP contribution < -0.4 is 6.15 Å². The summed E-state index contributed by atoms with van der Waals surface area (Å²) in [6.45, 7) is 7.40. The van der Waals surface area contributed by atoms with Crippen molar-refractivity contribution in [1.29, 1.82) is 0 Å². The molecule has 17 heavy (non-hydrogen) atoms. The summed E-state index contributed by atoms with van der Waals surface area (Å²) in [5, 5.41) is 0. The van der Waals surface area contributed by atoms with Gasteiger partial charge in [0.15, 0.2) is 0 Å². The summed E-state index contributed by atoms with van der Waals surface area (Å²) < 4.78 is 0. The van der Waals surface area contributed by atoms with Gasteiger partial charge in [0.25, 0.3) is 0 Å². The van der Waals surface area contributed by atoms with Gasteiger partial charge in [-0.2, -0.15) is 0 Å². The van der Waals surface area contributed by atoms with Crippen LogP contribution in [0.4, 0.5) is 0 Å². The van der Waals surface area contributed by atoms with E-state index in [0.29, 0.717) is 0 Å². The third-order valence-corrected chi connectivity index (χ3v) is 2.22. The van der Waals surface area contributed by atoms with Crippen molar-refractivity contribution in [3.8, 4) is 11.4 Å². The minimum atomic E-state index is 0. The van der Waals surface area contributed by atoms with Crippen LogP contribution in [0.5, 0.6) is 0 Å². The average molecular weight is 222 g/mol. The van der Waals surface area contributed by atoms with Gasteiger partial charge in [-0.3, -0.25) is 0 Å². The fourth-order valence-corrected chi connectivity index (χ4v) is 1.42. The molecular formula is C14H12N3. The number of rotatable bonds is 3. The monoisotopic (exact) mass is 222 g/mol. The third kappa shape index (κ3) is 2.86. The van der Waals surface area contributed by atoms with Crippen LogP contribution in [0.25, 0.3) is 23.5 Å². The summed E-state index contributed by atoms with van der Waals surface area (Å²) >= 11 is 0. The first-order valence-electron chi connectivity index (χ1n) is 5.03. The Hall–Kier alpha value is -2.26.